The number of aliphatic carboxylic acids is 1. The van der Waals surface area contributed by atoms with E-state index in [9.17, 15) is 9.90 Å². The molecule has 0 spiro atoms. The number of carboxylic acid groups (broad SMARTS) is 1. The standard InChI is InChI=1S/C12H21NO2S/c1-16-7-6-13-10-5-3-2-4-9(10)8-11(13)12(14)15/h9-11H,2-8H2,1H3,(H,14,15). The molecular weight excluding hydrogens is 222 g/mol. The molecule has 1 aliphatic carbocycles. The molecule has 1 N–H and O–H groups in total. The Morgan fingerprint density at radius 1 is 1.44 bits per heavy atom. The van der Waals surface area contributed by atoms with Crippen LogP contribution in [0, 0.1) is 5.92 Å². The quantitative estimate of drug-likeness (QED) is 0.820. The van der Waals surface area contributed by atoms with Crippen LogP contribution >= 0.6 is 11.8 Å². The summed E-state index contributed by atoms with van der Waals surface area (Å²) in [6, 6.07) is 0.349. The summed E-state index contributed by atoms with van der Waals surface area (Å²) in [5.74, 6) is 1.08. The van der Waals surface area contributed by atoms with E-state index in [1.807, 2.05) is 0 Å². The van der Waals surface area contributed by atoms with Crippen molar-refractivity contribution in [3.8, 4) is 0 Å². The molecule has 3 unspecified atom stereocenters. The van der Waals surface area contributed by atoms with Crippen molar-refractivity contribution in [2.75, 3.05) is 18.6 Å². The highest BCUT2D eigenvalue weighted by molar-refractivity contribution is 7.98. The van der Waals surface area contributed by atoms with Crippen LogP contribution in [0.1, 0.15) is 32.1 Å². The second-order valence-corrected chi connectivity index (χ2v) is 5.92. The Kier molecular flexibility index (Phi) is 4.14. The van der Waals surface area contributed by atoms with Crippen LogP contribution in [-0.2, 0) is 4.79 Å². The molecule has 16 heavy (non-hydrogen) atoms. The fourth-order valence-corrected chi connectivity index (χ4v) is 3.71. The number of thioether (sulfide) groups is 1. The molecule has 0 aromatic carbocycles. The first kappa shape index (κ1) is 12.2. The van der Waals surface area contributed by atoms with E-state index < -0.39 is 5.97 Å². The van der Waals surface area contributed by atoms with Crippen molar-refractivity contribution < 1.29 is 9.90 Å². The summed E-state index contributed by atoms with van der Waals surface area (Å²) < 4.78 is 0. The third-order valence-corrected chi connectivity index (χ3v) is 4.65. The largest absolute Gasteiger partial charge is 0.480 e. The number of likely N-dealkylation sites (tertiary alicyclic amines) is 1. The van der Waals surface area contributed by atoms with E-state index >= 15 is 0 Å². The lowest BCUT2D eigenvalue weighted by Crippen LogP contribution is -2.43. The van der Waals surface area contributed by atoms with E-state index in [0.717, 1.165) is 18.7 Å². The highest BCUT2D eigenvalue weighted by Gasteiger charge is 2.44. The van der Waals surface area contributed by atoms with Gasteiger partial charge in [0.2, 0.25) is 0 Å². The topological polar surface area (TPSA) is 40.5 Å². The monoisotopic (exact) mass is 243 g/mol. The molecule has 1 heterocycles. The predicted octanol–water partition coefficient (Wildman–Crippen LogP) is 2.07. The summed E-state index contributed by atoms with van der Waals surface area (Å²) in [4.78, 5) is 13.5. The van der Waals surface area contributed by atoms with Crippen molar-refractivity contribution in [3.63, 3.8) is 0 Å². The average Bonchev–Trinajstić information content (AvgIpc) is 2.65. The van der Waals surface area contributed by atoms with E-state index in [1.165, 1.54) is 25.7 Å². The predicted molar refractivity (Wildman–Crippen MR) is 66.9 cm³/mol. The van der Waals surface area contributed by atoms with Gasteiger partial charge in [-0.1, -0.05) is 12.8 Å². The molecule has 4 heteroatoms. The number of hydrogen-bond donors (Lipinski definition) is 1. The van der Waals surface area contributed by atoms with Gasteiger partial charge in [-0.05, 0) is 31.4 Å². The van der Waals surface area contributed by atoms with Gasteiger partial charge in [-0.2, -0.15) is 11.8 Å². The van der Waals surface area contributed by atoms with Gasteiger partial charge in [-0.15, -0.1) is 0 Å². The number of hydrogen-bond acceptors (Lipinski definition) is 3. The molecule has 0 amide bonds. The van der Waals surface area contributed by atoms with Crippen LogP contribution in [0.5, 0.6) is 0 Å². The normalized spacial score (nSPS) is 34.9. The van der Waals surface area contributed by atoms with Gasteiger partial charge in [0.05, 0.1) is 0 Å². The summed E-state index contributed by atoms with van der Waals surface area (Å²) in [5, 5.41) is 9.28. The maximum absolute atomic E-state index is 11.3. The summed E-state index contributed by atoms with van der Waals surface area (Å²) in [6.07, 6.45) is 8.00. The van der Waals surface area contributed by atoms with E-state index in [-0.39, 0.29) is 6.04 Å². The molecule has 0 radical (unpaired) electrons. The van der Waals surface area contributed by atoms with Crippen molar-refractivity contribution in [1.29, 1.82) is 0 Å². The molecule has 3 nitrogen and oxygen atoms in total. The number of nitrogens with zero attached hydrogens (tertiary/aromatic N) is 1. The Bertz CT molecular complexity index is 259. The van der Waals surface area contributed by atoms with Gasteiger partial charge in [0, 0.05) is 18.3 Å². The van der Waals surface area contributed by atoms with Crippen molar-refractivity contribution in [1.82, 2.24) is 4.90 Å². The highest BCUT2D eigenvalue weighted by Crippen LogP contribution is 2.39. The van der Waals surface area contributed by atoms with Crippen LogP contribution in [0.25, 0.3) is 0 Å². The molecule has 3 atom stereocenters. The maximum Gasteiger partial charge on any atom is 0.320 e. The molecule has 0 aromatic heterocycles. The van der Waals surface area contributed by atoms with Gasteiger partial charge in [-0.25, -0.2) is 0 Å². The van der Waals surface area contributed by atoms with Crippen LogP contribution in [0.3, 0.4) is 0 Å². The lowest BCUT2D eigenvalue weighted by atomic mass is 9.85. The third-order valence-electron chi connectivity index (χ3n) is 4.06. The highest BCUT2D eigenvalue weighted by atomic mass is 32.2. The molecule has 1 saturated carbocycles. The molecule has 0 aromatic rings. The van der Waals surface area contributed by atoms with Crippen molar-refractivity contribution in [2.45, 2.75) is 44.2 Å². The minimum Gasteiger partial charge on any atom is -0.480 e. The van der Waals surface area contributed by atoms with Crippen LogP contribution in [-0.4, -0.2) is 46.6 Å². The minimum atomic E-state index is -0.615. The zero-order valence-electron chi connectivity index (χ0n) is 9.89. The Labute approximate surface area is 102 Å². The van der Waals surface area contributed by atoms with Crippen LogP contribution in [0.2, 0.25) is 0 Å². The first-order chi connectivity index (χ1) is 7.74. The zero-order valence-corrected chi connectivity index (χ0v) is 10.7. The maximum atomic E-state index is 11.3. The Morgan fingerprint density at radius 3 is 2.88 bits per heavy atom. The second-order valence-electron chi connectivity index (χ2n) is 4.93. The lowest BCUT2D eigenvalue weighted by Gasteiger charge is -2.32. The number of fused-ring (bicyclic) bond motifs is 1. The Balaban J connectivity index is 2.05. The first-order valence-electron chi connectivity index (χ1n) is 6.21. The molecule has 2 aliphatic rings. The van der Waals surface area contributed by atoms with Gasteiger partial charge >= 0.3 is 5.97 Å². The molecule has 1 aliphatic heterocycles. The smallest absolute Gasteiger partial charge is 0.320 e. The van der Waals surface area contributed by atoms with Crippen molar-refractivity contribution in [3.05, 3.63) is 0 Å². The summed E-state index contributed by atoms with van der Waals surface area (Å²) >= 11 is 1.81. The number of carboxylic acids is 1. The molecule has 2 rings (SSSR count). The van der Waals surface area contributed by atoms with Crippen LogP contribution in [0.4, 0.5) is 0 Å². The summed E-state index contributed by atoms with van der Waals surface area (Å²) in [5.41, 5.74) is 0. The molecule has 92 valence electrons. The number of carbonyl (C=O) groups is 1. The van der Waals surface area contributed by atoms with Gasteiger partial charge in [-0.3, -0.25) is 9.69 Å². The third kappa shape index (κ3) is 2.38. The first-order valence-corrected chi connectivity index (χ1v) is 7.61. The number of rotatable bonds is 4. The minimum absolute atomic E-state index is 0.208. The second kappa shape index (κ2) is 5.41. The van der Waals surface area contributed by atoms with Gasteiger partial charge in [0.15, 0.2) is 0 Å². The van der Waals surface area contributed by atoms with Gasteiger partial charge in [0.25, 0.3) is 0 Å². The molecule has 1 saturated heterocycles. The van der Waals surface area contributed by atoms with Gasteiger partial charge < -0.3 is 5.11 Å². The van der Waals surface area contributed by atoms with Gasteiger partial charge in [0.1, 0.15) is 6.04 Å². The van der Waals surface area contributed by atoms with E-state index in [1.54, 1.807) is 11.8 Å². The SMILES string of the molecule is CSCCN1C(C(=O)O)CC2CCCCC21. The fraction of sp³-hybridized carbons (Fsp3) is 0.917. The summed E-state index contributed by atoms with van der Waals surface area (Å²) in [7, 11) is 0. The Hall–Kier alpha value is -0.220. The van der Waals surface area contributed by atoms with E-state index in [2.05, 4.69) is 11.2 Å². The zero-order chi connectivity index (χ0) is 11.5. The average molecular weight is 243 g/mol. The summed E-state index contributed by atoms with van der Waals surface area (Å²) in [6.45, 7) is 0.944. The molecule has 2 fully saturated rings. The molecular formula is C12H21NO2S. The lowest BCUT2D eigenvalue weighted by molar-refractivity contribution is -0.142. The fourth-order valence-electron chi connectivity index (χ4n) is 3.31. The van der Waals surface area contributed by atoms with Crippen molar-refractivity contribution >= 4 is 17.7 Å². The van der Waals surface area contributed by atoms with E-state index in [4.69, 9.17) is 0 Å². The van der Waals surface area contributed by atoms with Crippen LogP contribution < -0.4 is 0 Å². The van der Waals surface area contributed by atoms with E-state index in [0.29, 0.717) is 12.0 Å². The van der Waals surface area contributed by atoms with Crippen LogP contribution in [0.15, 0.2) is 0 Å². The van der Waals surface area contributed by atoms with Crippen molar-refractivity contribution in [2.24, 2.45) is 5.92 Å². The Morgan fingerprint density at radius 2 is 2.19 bits per heavy atom. The molecule has 0 bridgehead atoms.